The quantitative estimate of drug-likeness (QED) is 0.122. The summed E-state index contributed by atoms with van der Waals surface area (Å²) in [5, 5.41) is 9.01. The van der Waals surface area contributed by atoms with E-state index in [0.29, 0.717) is 24.5 Å². The first-order chi connectivity index (χ1) is 20.2. The molecule has 8 nitrogen and oxygen atoms in total. The highest BCUT2D eigenvalue weighted by Gasteiger charge is 2.30. The van der Waals surface area contributed by atoms with Gasteiger partial charge in [0.1, 0.15) is 12.1 Å². The second-order valence-electron chi connectivity index (χ2n) is 10.9. The van der Waals surface area contributed by atoms with E-state index in [1.54, 1.807) is 6.20 Å². The lowest BCUT2D eigenvalue weighted by Gasteiger charge is -2.24. The number of benzene rings is 1. The maximum absolute atomic E-state index is 13.5. The van der Waals surface area contributed by atoms with Crippen LogP contribution in [0.3, 0.4) is 0 Å². The van der Waals surface area contributed by atoms with Crippen LogP contribution >= 0.6 is 37.5 Å². The van der Waals surface area contributed by atoms with E-state index in [-0.39, 0.29) is 24.8 Å². The summed E-state index contributed by atoms with van der Waals surface area (Å²) in [5.41, 5.74) is 1.59. The third-order valence-corrected chi connectivity index (χ3v) is 10.4. The molecule has 3 rings (SSSR count). The van der Waals surface area contributed by atoms with Gasteiger partial charge in [0, 0.05) is 53.2 Å². The van der Waals surface area contributed by atoms with E-state index in [0.717, 1.165) is 35.0 Å². The molecule has 1 aromatic heterocycles. The number of carbonyl (C=O) groups excluding carboxylic acids is 4. The maximum atomic E-state index is 13.5. The van der Waals surface area contributed by atoms with Crippen molar-refractivity contribution < 1.29 is 19.2 Å². The van der Waals surface area contributed by atoms with Crippen molar-refractivity contribution in [2.75, 3.05) is 12.3 Å². The Bertz CT molecular complexity index is 1160. The van der Waals surface area contributed by atoms with Gasteiger partial charge in [0.2, 0.25) is 17.6 Å². The van der Waals surface area contributed by atoms with Gasteiger partial charge in [0.05, 0.1) is 0 Å². The number of rotatable bonds is 17. The molecule has 1 aliphatic rings. The number of pyridine rings is 1. The normalized spacial score (nSPS) is 16.0. The highest BCUT2D eigenvalue weighted by Crippen LogP contribution is 2.39. The number of carbonyl (C=O) groups is 4. The molecule has 1 aromatic carbocycles. The van der Waals surface area contributed by atoms with Crippen molar-refractivity contribution in [2.24, 2.45) is 5.92 Å². The molecule has 3 amide bonds. The summed E-state index contributed by atoms with van der Waals surface area (Å²) in [6, 6.07) is 11.0. The van der Waals surface area contributed by atoms with Gasteiger partial charge in [-0.3, -0.25) is 24.2 Å². The Morgan fingerprint density at radius 2 is 1.81 bits per heavy atom. The van der Waals surface area contributed by atoms with Gasteiger partial charge in [0.15, 0.2) is 0 Å². The minimum Gasteiger partial charge on any atom is -0.349 e. The van der Waals surface area contributed by atoms with Crippen LogP contribution in [0.15, 0.2) is 53.1 Å². The maximum Gasteiger partial charge on any atom is 0.289 e. The lowest BCUT2D eigenvalue weighted by molar-refractivity contribution is -0.140. The number of halogens is 1. The number of nitrogens with one attached hydrogen (secondary N) is 3. The first-order valence-corrected chi connectivity index (χ1v) is 17.7. The smallest absolute Gasteiger partial charge is 0.289 e. The predicted octanol–water partition coefficient (Wildman–Crippen LogP) is 5.04. The molecule has 42 heavy (non-hydrogen) atoms. The molecule has 2 heterocycles. The number of hydrogen-bond donors (Lipinski definition) is 3. The van der Waals surface area contributed by atoms with Crippen LogP contribution in [0, 0.1) is 5.92 Å². The fourth-order valence-electron chi connectivity index (χ4n) is 4.62. The predicted molar refractivity (Wildman–Crippen MR) is 174 cm³/mol. The van der Waals surface area contributed by atoms with Gasteiger partial charge in [-0.15, -0.1) is 0 Å². The van der Waals surface area contributed by atoms with Gasteiger partial charge in [-0.05, 0) is 61.4 Å². The molecule has 1 aliphatic heterocycles. The van der Waals surface area contributed by atoms with E-state index in [1.807, 2.05) is 77.9 Å². The van der Waals surface area contributed by atoms with Gasteiger partial charge >= 0.3 is 0 Å². The summed E-state index contributed by atoms with van der Waals surface area (Å²) in [7, 11) is 3.85. The molecular formula is C31H41BrN4O4S2. The molecule has 11 heteroatoms. The molecule has 1 saturated heterocycles. The molecule has 3 atom stereocenters. The molecule has 0 spiro atoms. The molecule has 0 bridgehead atoms. The van der Waals surface area contributed by atoms with Crippen LogP contribution in [0.2, 0.25) is 0 Å². The summed E-state index contributed by atoms with van der Waals surface area (Å²) in [6.07, 6.45) is 7.14. The highest BCUT2D eigenvalue weighted by molar-refractivity contribution is 9.10. The SMILES string of the molecule is CC(C)C[C@H](NC(=O)CCCCC1CCSS1)C(=O)NC(Cc1ccc(Br)cc1)C(=O)C(=O)NCCc1ccccn1. The monoisotopic (exact) mass is 676 g/mol. The van der Waals surface area contributed by atoms with Crippen LogP contribution in [-0.4, -0.2) is 58.1 Å². The van der Waals surface area contributed by atoms with Crippen LogP contribution in [0.5, 0.6) is 0 Å². The summed E-state index contributed by atoms with van der Waals surface area (Å²) in [5.74, 6) is -0.810. The van der Waals surface area contributed by atoms with Crippen LogP contribution in [0.4, 0.5) is 0 Å². The summed E-state index contributed by atoms with van der Waals surface area (Å²) < 4.78 is 0.881. The van der Waals surface area contributed by atoms with Crippen molar-refractivity contribution in [2.45, 2.75) is 82.5 Å². The first-order valence-electron chi connectivity index (χ1n) is 14.6. The van der Waals surface area contributed by atoms with Crippen LogP contribution in [-0.2, 0) is 32.0 Å². The Kier molecular flexibility index (Phi) is 14.9. The van der Waals surface area contributed by atoms with Crippen molar-refractivity contribution in [3.8, 4) is 0 Å². The van der Waals surface area contributed by atoms with Crippen molar-refractivity contribution in [3.05, 3.63) is 64.4 Å². The Morgan fingerprint density at radius 1 is 1.02 bits per heavy atom. The fourth-order valence-corrected chi connectivity index (χ4v) is 7.92. The van der Waals surface area contributed by atoms with Gasteiger partial charge in [0.25, 0.3) is 5.91 Å². The zero-order chi connectivity index (χ0) is 30.3. The molecule has 0 saturated carbocycles. The number of aromatic nitrogens is 1. The number of amides is 3. The highest BCUT2D eigenvalue weighted by atomic mass is 79.9. The number of ketones is 1. The standard InChI is InChI=1S/C31H41BrN4O4S2/c1-21(2)19-27(35-28(37)9-4-3-8-25-15-18-41-42-25)30(39)36-26(20-22-10-12-23(32)13-11-22)29(38)31(40)34-17-14-24-7-5-6-16-33-24/h5-7,10-13,16,21,25-27H,3-4,8-9,14-15,17-20H2,1-2H3,(H,34,40)(H,35,37)(H,36,39)/t25?,26?,27-/m0/s1. The summed E-state index contributed by atoms with van der Waals surface area (Å²) >= 11 is 3.41. The fraction of sp³-hybridized carbons (Fsp3) is 0.516. The van der Waals surface area contributed by atoms with Crippen LogP contribution in [0.25, 0.3) is 0 Å². The van der Waals surface area contributed by atoms with Gasteiger partial charge < -0.3 is 16.0 Å². The minimum absolute atomic E-state index is 0.133. The number of nitrogens with zero attached hydrogens (tertiary/aromatic N) is 1. The van der Waals surface area contributed by atoms with Crippen molar-refractivity contribution in [3.63, 3.8) is 0 Å². The minimum atomic E-state index is -1.08. The summed E-state index contributed by atoms with van der Waals surface area (Å²) in [6.45, 7) is 4.19. The third kappa shape index (κ3) is 12.5. The van der Waals surface area contributed by atoms with Gasteiger partial charge in [-0.1, -0.05) is 76.0 Å². The summed E-state index contributed by atoms with van der Waals surface area (Å²) in [4.78, 5) is 56.6. The van der Waals surface area contributed by atoms with E-state index in [2.05, 4.69) is 36.9 Å². The van der Waals surface area contributed by atoms with Crippen molar-refractivity contribution in [1.29, 1.82) is 0 Å². The van der Waals surface area contributed by atoms with E-state index in [4.69, 9.17) is 0 Å². The lowest BCUT2D eigenvalue weighted by Crippen LogP contribution is -2.55. The topological polar surface area (TPSA) is 117 Å². The second kappa shape index (κ2) is 18.3. The van der Waals surface area contributed by atoms with Crippen molar-refractivity contribution in [1.82, 2.24) is 20.9 Å². The molecule has 2 unspecified atom stereocenters. The molecule has 0 aliphatic carbocycles. The third-order valence-electron chi connectivity index (χ3n) is 6.87. The van der Waals surface area contributed by atoms with Crippen LogP contribution < -0.4 is 16.0 Å². The molecule has 228 valence electrons. The molecule has 1 fully saturated rings. The number of hydrogen-bond acceptors (Lipinski definition) is 7. The van der Waals surface area contributed by atoms with Crippen LogP contribution in [0.1, 0.15) is 63.6 Å². The van der Waals surface area contributed by atoms with Crippen molar-refractivity contribution >= 4 is 61.0 Å². The zero-order valence-electron chi connectivity index (χ0n) is 24.3. The Morgan fingerprint density at radius 3 is 2.48 bits per heavy atom. The lowest BCUT2D eigenvalue weighted by atomic mass is 9.99. The van der Waals surface area contributed by atoms with E-state index >= 15 is 0 Å². The molecule has 3 N–H and O–H groups in total. The average molecular weight is 678 g/mol. The largest absolute Gasteiger partial charge is 0.349 e. The first kappa shape index (κ1) is 34.1. The number of Topliss-reactive ketones (excluding diaryl/α,β-unsaturated/α-hetero) is 1. The average Bonchev–Trinajstić information content (AvgIpc) is 3.49. The molecule has 0 radical (unpaired) electrons. The van der Waals surface area contributed by atoms with E-state index in [9.17, 15) is 19.2 Å². The van der Waals surface area contributed by atoms with Gasteiger partial charge in [-0.25, -0.2) is 0 Å². The number of unbranched alkanes of at least 4 members (excludes halogenated alkanes) is 1. The van der Waals surface area contributed by atoms with E-state index < -0.39 is 29.7 Å². The Labute approximate surface area is 265 Å². The zero-order valence-corrected chi connectivity index (χ0v) is 27.5. The van der Waals surface area contributed by atoms with Gasteiger partial charge in [-0.2, -0.15) is 0 Å². The molecular weight excluding hydrogens is 636 g/mol. The Balaban J connectivity index is 1.61. The van der Waals surface area contributed by atoms with E-state index in [1.165, 1.54) is 12.2 Å². The second-order valence-corrected chi connectivity index (χ2v) is 14.6. The molecule has 2 aromatic rings. The Hall–Kier alpha value is -2.37.